The molecule has 0 bridgehead atoms. The molecule has 3 aromatic carbocycles. The number of hydrogen-bond acceptors (Lipinski definition) is 0. The molecule has 0 aromatic heterocycles. The van der Waals surface area contributed by atoms with E-state index in [9.17, 15) is 8.78 Å². The number of hydrogen-bond donors (Lipinski definition) is 0. The van der Waals surface area contributed by atoms with Gasteiger partial charge in [-0.25, -0.2) is 8.78 Å². The topological polar surface area (TPSA) is 0 Å². The lowest BCUT2D eigenvalue weighted by Gasteiger charge is -2.12. The summed E-state index contributed by atoms with van der Waals surface area (Å²) in [6.45, 7) is 4.43. The fourth-order valence-electron chi connectivity index (χ4n) is 3.19. The van der Waals surface area contributed by atoms with E-state index >= 15 is 0 Å². The Morgan fingerprint density at radius 3 is 2.22 bits per heavy atom. The van der Waals surface area contributed by atoms with Crippen molar-refractivity contribution in [3.8, 4) is 23.0 Å². The Balaban J connectivity index is 1.83. The molecule has 2 heteroatoms. The van der Waals surface area contributed by atoms with Crippen molar-refractivity contribution in [2.75, 3.05) is 0 Å². The molecule has 3 rings (SSSR count). The molecule has 0 radical (unpaired) electrons. The highest BCUT2D eigenvalue weighted by molar-refractivity contribution is 5.64. The van der Waals surface area contributed by atoms with Gasteiger partial charge in [0.15, 0.2) is 11.6 Å². The van der Waals surface area contributed by atoms with Gasteiger partial charge in [-0.15, -0.1) is 0 Å². The summed E-state index contributed by atoms with van der Waals surface area (Å²) in [5, 5.41) is 0. The van der Waals surface area contributed by atoms with E-state index in [1.165, 1.54) is 11.6 Å². The monoisotopic (exact) mass is 360 g/mol. The van der Waals surface area contributed by atoms with E-state index in [-0.39, 0.29) is 0 Å². The molecule has 0 spiro atoms. The molecule has 136 valence electrons. The standard InChI is InChI=1S/C25H22F2/c1-3-6-18(2)23-8-5-4-7-21(23)14-11-19-9-12-20(13-10-19)22-15-16-24(26)25(27)17-22/h4-5,7-10,12-13,15-18H,3,6H2,1-2H3. The second-order valence-electron chi connectivity index (χ2n) is 6.73. The van der Waals surface area contributed by atoms with Gasteiger partial charge in [-0.1, -0.05) is 68.5 Å². The van der Waals surface area contributed by atoms with Crippen LogP contribution in [0.1, 0.15) is 49.3 Å². The number of rotatable bonds is 4. The summed E-state index contributed by atoms with van der Waals surface area (Å²) in [6, 6.07) is 19.8. The van der Waals surface area contributed by atoms with Gasteiger partial charge in [0.05, 0.1) is 0 Å². The van der Waals surface area contributed by atoms with Gasteiger partial charge in [-0.2, -0.15) is 0 Å². The van der Waals surface area contributed by atoms with Crippen LogP contribution < -0.4 is 0 Å². The maximum atomic E-state index is 13.4. The van der Waals surface area contributed by atoms with Crippen LogP contribution in [0.4, 0.5) is 8.78 Å². The lowest BCUT2D eigenvalue weighted by Crippen LogP contribution is -1.96. The van der Waals surface area contributed by atoms with Gasteiger partial charge < -0.3 is 0 Å². The Morgan fingerprint density at radius 1 is 0.815 bits per heavy atom. The maximum Gasteiger partial charge on any atom is 0.159 e. The van der Waals surface area contributed by atoms with E-state index in [2.05, 4.69) is 43.9 Å². The van der Waals surface area contributed by atoms with Gasteiger partial charge in [0.2, 0.25) is 0 Å². The highest BCUT2D eigenvalue weighted by Gasteiger charge is 2.08. The molecular formula is C25H22F2. The van der Waals surface area contributed by atoms with Crippen LogP contribution in [0.5, 0.6) is 0 Å². The first kappa shape index (κ1) is 18.9. The van der Waals surface area contributed by atoms with Crippen LogP contribution in [0.2, 0.25) is 0 Å². The zero-order chi connectivity index (χ0) is 19.2. The Morgan fingerprint density at radius 2 is 1.52 bits per heavy atom. The molecule has 0 heterocycles. The molecule has 3 aromatic rings. The minimum absolute atomic E-state index is 0.483. The number of benzene rings is 3. The first-order valence-electron chi connectivity index (χ1n) is 9.25. The summed E-state index contributed by atoms with van der Waals surface area (Å²) in [4.78, 5) is 0. The molecule has 0 N–H and O–H groups in total. The zero-order valence-corrected chi connectivity index (χ0v) is 15.6. The zero-order valence-electron chi connectivity index (χ0n) is 15.6. The van der Waals surface area contributed by atoms with Gasteiger partial charge >= 0.3 is 0 Å². The van der Waals surface area contributed by atoms with E-state index < -0.39 is 11.6 Å². The quantitative estimate of drug-likeness (QED) is 0.442. The summed E-state index contributed by atoms with van der Waals surface area (Å²) < 4.78 is 26.5. The molecule has 0 fully saturated rings. The third kappa shape index (κ3) is 4.63. The minimum Gasteiger partial charge on any atom is -0.204 e. The average molecular weight is 360 g/mol. The second-order valence-corrected chi connectivity index (χ2v) is 6.73. The van der Waals surface area contributed by atoms with E-state index in [1.54, 1.807) is 6.07 Å². The van der Waals surface area contributed by atoms with E-state index in [0.29, 0.717) is 11.5 Å². The first-order chi connectivity index (χ1) is 13.1. The van der Waals surface area contributed by atoms with Crippen LogP contribution in [-0.4, -0.2) is 0 Å². The molecule has 0 aliphatic heterocycles. The third-order valence-corrected chi connectivity index (χ3v) is 4.69. The maximum absolute atomic E-state index is 13.4. The van der Waals surface area contributed by atoms with Crippen molar-refractivity contribution in [3.63, 3.8) is 0 Å². The van der Waals surface area contributed by atoms with Crippen molar-refractivity contribution in [2.24, 2.45) is 0 Å². The van der Waals surface area contributed by atoms with Gasteiger partial charge in [-0.05, 0) is 59.4 Å². The Labute approximate surface area is 159 Å². The predicted molar refractivity (Wildman–Crippen MR) is 108 cm³/mol. The summed E-state index contributed by atoms with van der Waals surface area (Å²) >= 11 is 0. The molecule has 1 unspecified atom stereocenters. The van der Waals surface area contributed by atoms with Crippen LogP contribution in [0.15, 0.2) is 66.7 Å². The first-order valence-corrected chi connectivity index (χ1v) is 9.25. The Hall–Kier alpha value is -2.92. The number of halogens is 2. The molecule has 27 heavy (non-hydrogen) atoms. The van der Waals surface area contributed by atoms with E-state index in [0.717, 1.165) is 35.6 Å². The molecule has 0 aliphatic rings. The summed E-state index contributed by atoms with van der Waals surface area (Å²) in [5.41, 5.74) is 4.70. The Bertz CT molecular complexity index is 975. The van der Waals surface area contributed by atoms with Crippen LogP contribution in [0, 0.1) is 23.5 Å². The minimum atomic E-state index is -0.839. The van der Waals surface area contributed by atoms with Crippen molar-refractivity contribution in [1.82, 2.24) is 0 Å². The van der Waals surface area contributed by atoms with Crippen molar-refractivity contribution >= 4 is 0 Å². The lowest BCUT2D eigenvalue weighted by molar-refractivity contribution is 0.509. The van der Waals surface area contributed by atoms with Crippen LogP contribution in [0.3, 0.4) is 0 Å². The average Bonchev–Trinajstić information content (AvgIpc) is 2.69. The normalized spacial score (nSPS) is 11.6. The van der Waals surface area contributed by atoms with Gasteiger partial charge in [-0.3, -0.25) is 0 Å². The summed E-state index contributed by atoms with van der Waals surface area (Å²) in [5.74, 6) is 5.31. The second kappa shape index (κ2) is 8.64. The molecule has 0 saturated heterocycles. The molecule has 0 saturated carbocycles. The third-order valence-electron chi connectivity index (χ3n) is 4.69. The van der Waals surface area contributed by atoms with Crippen molar-refractivity contribution < 1.29 is 8.78 Å². The van der Waals surface area contributed by atoms with Crippen LogP contribution in [-0.2, 0) is 0 Å². The van der Waals surface area contributed by atoms with Crippen molar-refractivity contribution in [3.05, 3.63) is 95.1 Å². The van der Waals surface area contributed by atoms with Crippen LogP contribution in [0.25, 0.3) is 11.1 Å². The molecule has 0 nitrogen and oxygen atoms in total. The van der Waals surface area contributed by atoms with Gasteiger partial charge in [0, 0.05) is 11.1 Å². The van der Waals surface area contributed by atoms with Gasteiger partial charge in [0.25, 0.3) is 0 Å². The van der Waals surface area contributed by atoms with Crippen molar-refractivity contribution in [1.29, 1.82) is 0 Å². The van der Waals surface area contributed by atoms with Crippen molar-refractivity contribution in [2.45, 2.75) is 32.6 Å². The highest BCUT2D eigenvalue weighted by Crippen LogP contribution is 2.24. The lowest BCUT2D eigenvalue weighted by atomic mass is 9.92. The smallest absolute Gasteiger partial charge is 0.159 e. The summed E-state index contributed by atoms with van der Waals surface area (Å²) in [6.07, 6.45) is 2.29. The molecule has 0 aliphatic carbocycles. The summed E-state index contributed by atoms with van der Waals surface area (Å²) in [7, 11) is 0. The van der Waals surface area contributed by atoms with E-state index in [1.807, 2.05) is 30.3 Å². The van der Waals surface area contributed by atoms with Gasteiger partial charge in [0.1, 0.15) is 0 Å². The Kier molecular flexibility index (Phi) is 6.04. The largest absolute Gasteiger partial charge is 0.204 e. The molecular weight excluding hydrogens is 338 g/mol. The highest BCUT2D eigenvalue weighted by atomic mass is 19.2. The van der Waals surface area contributed by atoms with E-state index in [4.69, 9.17) is 0 Å². The fourth-order valence-corrected chi connectivity index (χ4v) is 3.19. The predicted octanol–water partition coefficient (Wildman–Crippen LogP) is 6.94. The molecule has 0 amide bonds. The van der Waals surface area contributed by atoms with Crippen LogP contribution >= 0.6 is 0 Å². The molecule has 1 atom stereocenters. The SMILES string of the molecule is CCCC(C)c1ccccc1C#Cc1ccc(-c2ccc(F)c(F)c2)cc1. The fraction of sp³-hybridized carbons (Fsp3) is 0.200.